The van der Waals surface area contributed by atoms with Crippen molar-refractivity contribution in [2.75, 3.05) is 0 Å². The van der Waals surface area contributed by atoms with E-state index in [1.807, 2.05) is 0 Å². The summed E-state index contributed by atoms with van der Waals surface area (Å²) in [5.41, 5.74) is 0. The third-order valence-electron chi connectivity index (χ3n) is 0. The molecule has 0 saturated heterocycles. The van der Waals surface area contributed by atoms with Crippen LogP contribution < -0.4 is 0 Å². The first-order valence-electron chi connectivity index (χ1n) is 0.454. The van der Waals surface area contributed by atoms with Gasteiger partial charge in [0.25, 0.3) is 0 Å². The van der Waals surface area contributed by atoms with E-state index in [2.05, 4.69) is 12.2 Å². The molecular weight excluding hydrogens is 127 g/mol. The molecule has 0 spiro atoms. The van der Waals surface area contributed by atoms with Crippen LogP contribution in [-0.4, -0.2) is 93.8 Å². The van der Waals surface area contributed by atoms with Crippen molar-refractivity contribution in [2.45, 2.75) is 0 Å². The molecule has 0 aliphatic carbocycles. The second-order valence-electron chi connectivity index (χ2n) is 0.102. The van der Waals surface area contributed by atoms with Crippen LogP contribution in [0.5, 0.6) is 0 Å². The fraction of sp³-hybridized carbons (Fsp3) is 0. The topological polar surface area (TPSA) is 23.9 Å². The molecule has 0 radical (unpaired) electrons. The molecule has 6 heavy (non-hydrogen) atoms. The minimum absolute atomic E-state index is 0. The second-order valence-corrected chi connectivity index (χ2v) is 0.306. The summed E-state index contributed by atoms with van der Waals surface area (Å²) in [6, 6.07) is 0. The first kappa shape index (κ1) is 23.2. The summed E-state index contributed by atoms with van der Waals surface area (Å²) in [5.74, 6) is 0. The molecule has 0 aliphatic heterocycles. The molecule has 5 heteroatoms. The Kier molecular flexibility index (Phi) is 96.7. The van der Waals surface area contributed by atoms with Gasteiger partial charge in [0.15, 0.2) is 0 Å². The van der Waals surface area contributed by atoms with Crippen LogP contribution in [0.2, 0.25) is 0 Å². The van der Waals surface area contributed by atoms with Gasteiger partial charge >= 0.3 is 88.7 Å². The van der Waals surface area contributed by atoms with Crippen molar-refractivity contribution in [3.05, 3.63) is 0 Å². The summed E-state index contributed by atoms with van der Waals surface area (Å²) in [4.78, 5) is 0. The first-order valence-corrected chi connectivity index (χ1v) is 0.862. The molecule has 0 bridgehead atoms. The molecule has 22 valence electrons. The zero-order valence-corrected chi connectivity index (χ0v) is 2.22. The Bertz CT molecular complexity index is 31.8. The van der Waals surface area contributed by atoms with Crippen LogP contribution in [0.3, 0.4) is 0 Å². The van der Waals surface area contributed by atoms with Gasteiger partial charge in [-0.3, -0.25) is 0 Å². The van der Waals surface area contributed by atoms with Crippen molar-refractivity contribution in [1.82, 2.24) is 0 Å². The molecule has 0 aromatic heterocycles. The van der Waals surface area contributed by atoms with E-state index in [0.29, 0.717) is 0 Å². The Balaban J connectivity index is -0.00000000667. The SMILES string of the molecule is N=C=S.[NaH].[NaH].[NaH]. The van der Waals surface area contributed by atoms with E-state index in [1.54, 1.807) is 5.16 Å². The van der Waals surface area contributed by atoms with E-state index in [-0.39, 0.29) is 88.7 Å². The van der Waals surface area contributed by atoms with Crippen molar-refractivity contribution < 1.29 is 0 Å². The number of hydrogen-bond donors (Lipinski definition) is 1. The molecular formula is CH4NNa3S. The van der Waals surface area contributed by atoms with Crippen molar-refractivity contribution in [3.63, 3.8) is 0 Å². The van der Waals surface area contributed by atoms with Gasteiger partial charge in [-0.15, -0.1) is 0 Å². The number of rotatable bonds is 0. The average Bonchev–Trinajstić information content (AvgIpc) is 0.918. The minimum atomic E-state index is 0. The standard InChI is InChI=1S/CHNS.3Na.3H/c2-1-3;;;;;;/h2H;;;;;;. The third kappa shape index (κ3) is 29.2. The number of thiocarbonyl (C=S) groups is 1. The molecule has 0 fully saturated rings. The molecule has 0 unspecified atom stereocenters. The molecule has 1 N–H and O–H groups in total. The first-order chi connectivity index (χ1) is 1.41. The Morgan fingerprint density at radius 1 is 1.17 bits per heavy atom. The average molecular weight is 131 g/mol. The maximum atomic E-state index is 5.77. The van der Waals surface area contributed by atoms with Crippen LogP contribution in [0.15, 0.2) is 0 Å². The van der Waals surface area contributed by atoms with Crippen LogP contribution in [-0.2, 0) is 0 Å². The Labute approximate surface area is 109 Å². The molecule has 0 heterocycles. The number of hydrogen-bond acceptors (Lipinski definition) is 2. The molecule has 0 saturated carbocycles. The molecule has 0 aromatic rings. The summed E-state index contributed by atoms with van der Waals surface area (Å²) in [5, 5.41) is 7.36. The van der Waals surface area contributed by atoms with Gasteiger partial charge in [-0.2, -0.15) is 0 Å². The summed E-state index contributed by atoms with van der Waals surface area (Å²) >= 11 is 3.81. The summed E-state index contributed by atoms with van der Waals surface area (Å²) in [6.45, 7) is 0. The molecule has 0 rings (SSSR count). The maximum absolute atomic E-state index is 5.77. The van der Waals surface area contributed by atoms with Gasteiger partial charge in [0.2, 0.25) is 0 Å². The number of isothiocyanates is 1. The zero-order chi connectivity index (χ0) is 2.71. The number of nitrogens with one attached hydrogen (secondary N) is 1. The fourth-order valence-corrected chi connectivity index (χ4v) is 0. The van der Waals surface area contributed by atoms with Gasteiger partial charge in [-0.1, -0.05) is 0 Å². The summed E-state index contributed by atoms with van der Waals surface area (Å²) < 4.78 is 0. The fourth-order valence-electron chi connectivity index (χ4n) is 0. The quantitative estimate of drug-likeness (QED) is 0.247. The monoisotopic (exact) mass is 131 g/mol. The molecule has 0 atom stereocenters. The Morgan fingerprint density at radius 3 is 1.17 bits per heavy atom. The van der Waals surface area contributed by atoms with Crippen molar-refractivity contribution >= 4 is 106 Å². The van der Waals surface area contributed by atoms with Crippen molar-refractivity contribution in [1.29, 1.82) is 5.41 Å². The van der Waals surface area contributed by atoms with Gasteiger partial charge in [0, 0.05) is 0 Å². The van der Waals surface area contributed by atoms with Crippen LogP contribution in [0, 0.1) is 5.41 Å². The normalized spacial score (nSPS) is 1.33. The van der Waals surface area contributed by atoms with E-state index in [0.717, 1.165) is 0 Å². The van der Waals surface area contributed by atoms with Crippen LogP contribution in [0.1, 0.15) is 0 Å². The van der Waals surface area contributed by atoms with Gasteiger partial charge in [-0.25, -0.2) is 5.41 Å². The Morgan fingerprint density at radius 2 is 1.17 bits per heavy atom. The predicted octanol–water partition coefficient (Wildman–Crippen LogP) is -1.28. The van der Waals surface area contributed by atoms with Gasteiger partial charge in [0.05, 0.1) is 5.16 Å². The molecule has 0 aromatic carbocycles. The summed E-state index contributed by atoms with van der Waals surface area (Å²) in [7, 11) is 0. The van der Waals surface area contributed by atoms with E-state index < -0.39 is 0 Å². The zero-order valence-electron chi connectivity index (χ0n) is 1.41. The van der Waals surface area contributed by atoms with E-state index in [9.17, 15) is 0 Å². The van der Waals surface area contributed by atoms with Crippen LogP contribution >= 0.6 is 12.2 Å². The molecule has 1 nitrogen and oxygen atoms in total. The van der Waals surface area contributed by atoms with Gasteiger partial charge in [0.1, 0.15) is 0 Å². The second kappa shape index (κ2) is 25.0. The molecule has 0 aliphatic rings. The van der Waals surface area contributed by atoms with Crippen LogP contribution in [0.25, 0.3) is 0 Å². The van der Waals surface area contributed by atoms with E-state index in [1.165, 1.54) is 0 Å². The molecule has 0 amide bonds. The van der Waals surface area contributed by atoms with Gasteiger partial charge in [-0.05, 0) is 12.2 Å². The van der Waals surface area contributed by atoms with Crippen LogP contribution in [0.4, 0.5) is 0 Å². The van der Waals surface area contributed by atoms with Crippen molar-refractivity contribution in [3.8, 4) is 0 Å². The van der Waals surface area contributed by atoms with E-state index >= 15 is 0 Å². The predicted molar refractivity (Wildman–Crippen MR) is 36.8 cm³/mol. The van der Waals surface area contributed by atoms with E-state index in [4.69, 9.17) is 5.41 Å². The van der Waals surface area contributed by atoms with Gasteiger partial charge < -0.3 is 0 Å². The third-order valence-corrected chi connectivity index (χ3v) is 0. The van der Waals surface area contributed by atoms with Crippen molar-refractivity contribution in [2.24, 2.45) is 0 Å². The Hall–Kier alpha value is 2.80. The summed E-state index contributed by atoms with van der Waals surface area (Å²) in [6.07, 6.45) is 0.